The molecule has 1 saturated heterocycles. The van der Waals surface area contributed by atoms with Gasteiger partial charge < -0.3 is 14.7 Å². The van der Waals surface area contributed by atoms with Gasteiger partial charge in [-0.15, -0.1) is 10.2 Å². The van der Waals surface area contributed by atoms with Gasteiger partial charge in [0.1, 0.15) is 0 Å². The second kappa shape index (κ2) is 10.3. The van der Waals surface area contributed by atoms with Crippen molar-refractivity contribution < 1.29 is 9.59 Å². The number of amides is 2. The zero-order valence-electron chi connectivity index (χ0n) is 18.5. The number of likely N-dealkylation sites (N-methyl/N-ethyl adjacent to an activating group) is 1. The normalized spacial score (nSPS) is 16.9. The van der Waals surface area contributed by atoms with E-state index < -0.39 is 0 Å². The molecule has 0 N–H and O–H groups in total. The van der Waals surface area contributed by atoms with Crippen LogP contribution in [0.2, 0.25) is 5.02 Å². The Morgan fingerprint density at radius 1 is 1.03 bits per heavy atom. The van der Waals surface area contributed by atoms with Crippen molar-refractivity contribution in [2.75, 3.05) is 44.2 Å². The molecule has 1 aromatic carbocycles. The lowest BCUT2D eigenvalue weighted by molar-refractivity contribution is -0.144. The van der Waals surface area contributed by atoms with Gasteiger partial charge in [-0.25, -0.2) is 0 Å². The number of carbonyl (C=O) groups is 2. The fourth-order valence-electron chi connectivity index (χ4n) is 4.22. The van der Waals surface area contributed by atoms with Crippen molar-refractivity contribution in [3.8, 4) is 11.3 Å². The first-order valence-corrected chi connectivity index (χ1v) is 11.8. The van der Waals surface area contributed by atoms with Gasteiger partial charge in [0.2, 0.25) is 11.8 Å². The number of halogens is 1. The third kappa shape index (κ3) is 5.04. The molecule has 0 spiro atoms. The number of hydrogen-bond acceptors (Lipinski definition) is 5. The van der Waals surface area contributed by atoms with E-state index in [1.807, 2.05) is 48.2 Å². The minimum Gasteiger partial charge on any atom is -0.353 e. The molecule has 1 aromatic heterocycles. The Hall–Kier alpha value is -2.67. The molecule has 7 nitrogen and oxygen atoms in total. The van der Waals surface area contributed by atoms with Crippen molar-refractivity contribution >= 4 is 29.2 Å². The molecule has 0 bridgehead atoms. The number of aromatic nitrogens is 2. The van der Waals surface area contributed by atoms with Crippen LogP contribution in [0, 0.1) is 5.92 Å². The molecule has 0 atom stereocenters. The van der Waals surface area contributed by atoms with Crippen molar-refractivity contribution in [3.05, 3.63) is 41.4 Å². The number of hydrogen-bond donors (Lipinski definition) is 0. The van der Waals surface area contributed by atoms with Crippen LogP contribution in [0.25, 0.3) is 11.3 Å². The number of carbonyl (C=O) groups excluding carboxylic acids is 2. The fraction of sp³-hybridized carbons (Fsp3) is 0.500. The highest BCUT2D eigenvalue weighted by Gasteiger charge is 2.31. The Labute approximate surface area is 194 Å². The quantitative estimate of drug-likeness (QED) is 0.666. The second-order valence-electron chi connectivity index (χ2n) is 8.46. The smallest absolute Gasteiger partial charge is 0.242 e. The number of anilines is 1. The SMILES string of the molecule is CCN(CC(=O)N1CCCN(c2ccc(-c3ccccc3Cl)nn2)CC1)C(=O)C1CCC1. The molecule has 1 aliphatic heterocycles. The third-order valence-corrected chi connectivity index (χ3v) is 6.78. The van der Waals surface area contributed by atoms with E-state index in [4.69, 9.17) is 11.6 Å². The molecule has 8 heteroatoms. The molecule has 2 fully saturated rings. The molecule has 2 amide bonds. The lowest BCUT2D eigenvalue weighted by Gasteiger charge is -2.32. The first kappa shape index (κ1) is 22.5. The highest BCUT2D eigenvalue weighted by Crippen LogP contribution is 2.28. The topological polar surface area (TPSA) is 69.6 Å². The highest BCUT2D eigenvalue weighted by molar-refractivity contribution is 6.33. The molecule has 170 valence electrons. The van der Waals surface area contributed by atoms with Gasteiger partial charge in [-0.05, 0) is 44.4 Å². The summed E-state index contributed by atoms with van der Waals surface area (Å²) >= 11 is 6.27. The predicted octanol–water partition coefficient (Wildman–Crippen LogP) is 3.48. The second-order valence-corrected chi connectivity index (χ2v) is 8.87. The molecule has 2 aliphatic rings. The van der Waals surface area contributed by atoms with Gasteiger partial charge in [0.15, 0.2) is 5.82 Å². The average molecular weight is 456 g/mol. The summed E-state index contributed by atoms with van der Waals surface area (Å²) in [5.74, 6) is 1.08. The number of benzene rings is 1. The van der Waals surface area contributed by atoms with E-state index in [0.717, 1.165) is 49.3 Å². The summed E-state index contributed by atoms with van der Waals surface area (Å²) in [6.45, 7) is 5.50. The summed E-state index contributed by atoms with van der Waals surface area (Å²) in [7, 11) is 0. The molecule has 4 rings (SSSR count). The fourth-order valence-corrected chi connectivity index (χ4v) is 4.46. The lowest BCUT2D eigenvalue weighted by atomic mass is 9.84. The van der Waals surface area contributed by atoms with E-state index in [9.17, 15) is 9.59 Å². The van der Waals surface area contributed by atoms with E-state index in [-0.39, 0.29) is 24.3 Å². The molecule has 1 saturated carbocycles. The van der Waals surface area contributed by atoms with Crippen molar-refractivity contribution in [1.82, 2.24) is 20.0 Å². The predicted molar refractivity (Wildman–Crippen MR) is 125 cm³/mol. The van der Waals surface area contributed by atoms with Gasteiger partial charge in [-0.1, -0.05) is 36.2 Å². The van der Waals surface area contributed by atoms with Crippen LogP contribution in [0.15, 0.2) is 36.4 Å². The molecule has 0 unspecified atom stereocenters. The Balaban J connectivity index is 1.35. The van der Waals surface area contributed by atoms with Crippen LogP contribution in [-0.4, -0.2) is 71.1 Å². The molecule has 2 heterocycles. The van der Waals surface area contributed by atoms with Gasteiger partial charge in [0.05, 0.1) is 17.3 Å². The lowest BCUT2D eigenvalue weighted by Crippen LogP contribution is -2.46. The van der Waals surface area contributed by atoms with Crippen LogP contribution in [0.5, 0.6) is 0 Å². The van der Waals surface area contributed by atoms with Gasteiger partial charge in [-0.3, -0.25) is 9.59 Å². The van der Waals surface area contributed by atoms with Crippen LogP contribution >= 0.6 is 11.6 Å². The van der Waals surface area contributed by atoms with Crippen molar-refractivity contribution in [2.24, 2.45) is 5.92 Å². The van der Waals surface area contributed by atoms with Crippen LogP contribution < -0.4 is 4.90 Å². The molecule has 2 aromatic rings. The largest absolute Gasteiger partial charge is 0.353 e. The van der Waals surface area contributed by atoms with E-state index >= 15 is 0 Å². The summed E-state index contributed by atoms with van der Waals surface area (Å²) in [6.07, 6.45) is 3.88. The van der Waals surface area contributed by atoms with Crippen molar-refractivity contribution in [3.63, 3.8) is 0 Å². The van der Waals surface area contributed by atoms with Gasteiger partial charge in [0.25, 0.3) is 0 Å². The third-order valence-electron chi connectivity index (χ3n) is 6.45. The van der Waals surface area contributed by atoms with E-state index in [0.29, 0.717) is 31.2 Å². The summed E-state index contributed by atoms with van der Waals surface area (Å²) < 4.78 is 0. The van der Waals surface area contributed by atoms with Gasteiger partial charge >= 0.3 is 0 Å². The van der Waals surface area contributed by atoms with Crippen LogP contribution in [0.3, 0.4) is 0 Å². The summed E-state index contributed by atoms with van der Waals surface area (Å²) in [4.78, 5) is 31.2. The van der Waals surface area contributed by atoms with Gasteiger partial charge in [0, 0.05) is 44.2 Å². The summed E-state index contributed by atoms with van der Waals surface area (Å²) in [5, 5.41) is 9.43. The maximum Gasteiger partial charge on any atom is 0.242 e. The first-order chi connectivity index (χ1) is 15.6. The zero-order chi connectivity index (χ0) is 22.5. The number of nitrogens with zero attached hydrogens (tertiary/aromatic N) is 5. The Morgan fingerprint density at radius 2 is 1.84 bits per heavy atom. The van der Waals surface area contributed by atoms with Crippen LogP contribution in [0.1, 0.15) is 32.6 Å². The van der Waals surface area contributed by atoms with E-state index in [1.54, 1.807) is 4.90 Å². The standard InChI is InChI=1S/C24H30ClN5O2/c1-2-28(24(32)18-7-5-8-18)17-23(31)30-14-6-13-29(15-16-30)22-12-11-21(26-27-22)19-9-3-4-10-20(19)25/h3-4,9-12,18H,2,5-8,13-17H2,1H3. The van der Waals surface area contributed by atoms with Crippen molar-refractivity contribution in [1.29, 1.82) is 0 Å². The minimum absolute atomic E-state index is 0.0292. The number of rotatable bonds is 6. The average Bonchev–Trinajstić information content (AvgIpc) is 3.03. The van der Waals surface area contributed by atoms with Crippen LogP contribution in [0.4, 0.5) is 5.82 Å². The Bertz CT molecular complexity index is 948. The Morgan fingerprint density at radius 3 is 2.50 bits per heavy atom. The van der Waals surface area contributed by atoms with Crippen LogP contribution in [-0.2, 0) is 9.59 Å². The van der Waals surface area contributed by atoms with E-state index in [1.165, 1.54) is 0 Å². The summed E-state index contributed by atoms with van der Waals surface area (Å²) in [6, 6.07) is 11.5. The zero-order valence-corrected chi connectivity index (χ0v) is 19.3. The Kier molecular flexibility index (Phi) is 7.25. The summed E-state index contributed by atoms with van der Waals surface area (Å²) in [5.41, 5.74) is 1.60. The maximum absolute atomic E-state index is 12.9. The highest BCUT2D eigenvalue weighted by atomic mass is 35.5. The molecule has 32 heavy (non-hydrogen) atoms. The molecular formula is C24H30ClN5O2. The molecule has 0 radical (unpaired) electrons. The van der Waals surface area contributed by atoms with Crippen molar-refractivity contribution in [2.45, 2.75) is 32.6 Å². The van der Waals surface area contributed by atoms with E-state index in [2.05, 4.69) is 15.1 Å². The molecule has 1 aliphatic carbocycles. The first-order valence-electron chi connectivity index (χ1n) is 11.5. The van der Waals surface area contributed by atoms with Gasteiger partial charge in [-0.2, -0.15) is 0 Å². The monoisotopic (exact) mass is 455 g/mol. The molecular weight excluding hydrogens is 426 g/mol. The minimum atomic E-state index is 0.0292. The maximum atomic E-state index is 12.9.